The van der Waals surface area contributed by atoms with Crippen LogP contribution >= 0.6 is 0 Å². The standard InChI is InChI=1S/C15H21NO3S/c1-11(2)19-15-6-4-13(5-7-15)12(3)16-14-8-9-20(17,18)10-14/h4-9,11-12,14,16H,10H2,1-3H3. The number of hydrogen-bond donors (Lipinski definition) is 1. The molecule has 4 nitrogen and oxygen atoms in total. The molecule has 1 heterocycles. The van der Waals surface area contributed by atoms with Crippen LogP contribution in [0, 0.1) is 0 Å². The Kier molecular flexibility index (Phi) is 4.50. The minimum atomic E-state index is -3.01. The van der Waals surface area contributed by atoms with Crippen LogP contribution in [0.15, 0.2) is 35.7 Å². The first-order chi connectivity index (χ1) is 9.35. The maximum atomic E-state index is 11.4. The Morgan fingerprint density at radius 2 is 1.85 bits per heavy atom. The first kappa shape index (κ1) is 15.1. The van der Waals surface area contributed by atoms with Crippen LogP contribution in [0.2, 0.25) is 0 Å². The number of benzene rings is 1. The monoisotopic (exact) mass is 295 g/mol. The second-order valence-corrected chi connectivity index (χ2v) is 7.32. The number of sulfone groups is 1. The zero-order valence-electron chi connectivity index (χ0n) is 12.0. The van der Waals surface area contributed by atoms with Crippen molar-refractivity contribution >= 4 is 9.84 Å². The van der Waals surface area contributed by atoms with Crippen molar-refractivity contribution < 1.29 is 13.2 Å². The van der Waals surface area contributed by atoms with E-state index < -0.39 is 9.84 Å². The summed E-state index contributed by atoms with van der Waals surface area (Å²) in [5.41, 5.74) is 1.11. The Hall–Kier alpha value is -1.33. The number of nitrogens with one attached hydrogen (secondary N) is 1. The second kappa shape index (κ2) is 5.97. The largest absolute Gasteiger partial charge is 0.491 e. The third kappa shape index (κ3) is 4.08. The lowest BCUT2D eigenvalue weighted by atomic mass is 10.1. The molecule has 0 fully saturated rings. The molecule has 0 radical (unpaired) electrons. The predicted molar refractivity (Wildman–Crippen MR) is 80.5 cm³/mol. The fourth-order valence-corrected chi connectivity index (χ4v) is 3.45. The van der Waals surface area contributed by atoms with Crippen molar-refractivity contribution in [2.24, 2.45) is 0 Å². The Bertz CT molecular complexity index is 576. The van der Waals surface area contributed by atoms with E-state index in [1.165, 1.54) is 5.41 Å². The lowest BCUT2D eigenvalue weighted by Crippen LogP contribution is -2.32. The summed E-state index contributed by atoms with van der Waals surface area (Å²) in [7, 11) is -3.01. The van der Waals surface area contributed by atoms with Crippen LogP contribution in [0.5, 0.6) is 5.75 Å². The molecule has 2 atom stereocenters. The summed E-state index contributed by atoms with van der Waals surface area (Å²) in [6.45, 7) is 6.01. The van der Waals surface area contributed by atoms with E-state index in [1.807, 2.05) is 45.0 Å². The van der Waals surface area contributed by atoms with Gasteiger partial charge in [0.2, 0.25) is 0 Å². The Labute approximate surface area is 120 Å². The van der Waals surface area contributed by atoms with Crippen molar-refractivity contribution in [1.29, 1.82) is 0 Å². The fraction of sp³-hybridized carbons (Fsp3) is 0.467. The zero-order valence-corrected chi connectivity index (χ0v) is 12.9. The summed E-state index contributed by atoms with van der Waals surface area (Å²) in [5, 5.41) is 4.59. The third-order valence-corrected chi connectivity index (χ3v) is 4.54. The van der Waals surface area contributed by atoms with Gasteiger partial charge in [0.25, 0.3) is 0 Å². The summed E-state index contributed by atoms with van der Waals surface area (Å²) >= 11 is 0. The van der Waals surface area contributed by atoms with Gasteiger partial charge in [0.15, 0.2) is 9.84 Å². The van der Waals surface area contributed by atoms with Gasteiger partial charge in [0.1, 0.15) is 5.75 Å². The summed E-state index contributed by atoms with van der Waals surface area (Å²) in [6.07, 6.45) is 1.87. The van der Waals surface area contributed by atoms with Gasteiger partial charge in [0.05, 0.1) is 11.9 Å². The molecule has 2 unspecified atom stereocenters. The molecule has 1 aromatic carbocycles. The molecule has 1 aliphatic rings. The lowest BCUT2D eigenvalue weighted by Gasteiger charge is -2.18. The number of hydrogen-bond acceptors (Lipinski definition) is 4. The van der Waals surface area contributed by atoms with Crippen molar-refractivity contribution in [3.63, 3.8) is 0 Å². The van der Waals surface area contributed by atoms with Gasteiger partial charge in [-0.05, 0) is 38.5 Å². The molecule has 0 spiro atoms. The molecule has 0 aromatic heterocycles. The maximum absolute atomic E-state index is 11.4. The van der Waals surface area contributed by atoms with Gasteiger partial charge >= 0.3 is 0 Å². The van der Waals surface area contributed by atoms with Gasteiger partial charge in [-0.3, -0.25) is 0 Å². The van der Waals surface area contributed by atoms with E-state index in [0.29, 0.717) is 0 Å². The van der Waals surface area contributed by atoms with E-state index in [0.717, 1.165) is 11.3 Å². The fourth-order valence-electron chi connectivity index (χ4n) is 2.20. The van der Waals surface area contributed by atoms with E-state index in [1.54, 1.807) is 6.08 Å². The van der Waals surface area contributed by atoms with Gasteiger partial charge in [-0.2, -0.15) is 0 Å². The predicted octanol–water partition coefficient (Wildman–Crippen LogP) is 2.44. The molecular formula is C15H21NO3S. The minimum absolute atomic E-state index is 0.0889. The topological polar surface area (TPSA) is 55.4 Å². The normalized spacial score (nSPS) is 22.1. The molecule has 1 aliphatic heterocycles. The van der Waals surface area contributed by atoms with Gasteiger partial charge in [-0.25, -0.2) is 8.42 Å². The molecule has 110 valence electrons. The summed E-state index contributed by atoms with van der Waals surface area (Å²) in [5.74, 6) is 0.991. The third-order valence-electron chi connectivity index (χ3n) is 3.15. The number of rotatable bonds is 5. The molecule has 0 saturated carbocycles. The summed E-state index contributed by atoms with van der Waals surface area (Å²) in [4.78, 5) is 0. The Balaban J connectivity index is 1.96. The van der Waals surface area contributed by atoms with Gasteiger partial charge < -0.3 is 10.1 Å². The van der Waals surface area contributed by atoms with E-state index >= 15 is 0 Å². The van der Waals surface area contributed by atoms with E-state index in [-0.39, 0.29) is 23.9 Å². The van der Waals surface area contributed by atoms with E-state index in [2.05, 4.69) is 5.32 Å². The average molecular weight is 295 g/mol. The van der Waals surface area contributed by atoms with Gasteiger partial charge in [-0.1, -0.05) is 18.2 Å². The highest BCUT2D eigenvalue weighted by atomic mass is 32.2. The minimum Gasteiger partial charge on any atom is -0.491 e. The lowest BCUT2D eigenvalue weighted by molar-refractivity contribution is 0.242. The molecule has 0 bridgehead atoms. The highest BCUT2D eigenvalue weighted by molar-refractivity contribution is 7.94. The van der Waals surface area contributed by atoms with Crippen LogP contribution in [-0.4, -0.2) is 26.3 Å². The molecule has 0 amide bonds. The SMILES string of the molecule is CC(C)Oc1ccc(C(C)NC2C=CS(=O)(=O)C2)cc1. The van der Waals surface area contributed by atoms with Crippen molar-refractivity contribution in [1.82, 2.24) is 5.32 Å². The second-order valence-electron chi connectivity index (χ2n) is 5.39. The van der Waals surface area contributed by atoms with E-state index in [4.69, 9.17) is 4.74 Å². The highest BCUT2D eigenvalue weighted by Crippen LogP contribution is 2.20. The average Bonchev–Trinajstić information content (AvgIpc) is 2.68. The van der Waals surface area contributed by atoms with E-state index in [9.17, 15) is 8.42 Å². The van der Waals surface area contributed by atoms with Crippen molar-refractivity contribution in [2.45, 2.75) is 39.0 Å². The quantitative estimate of drug-likeness (QED) is 0.906. The Morgan fingerprint density at radius 1 is 1.20 bits per heavy atom. The molecule has 20 heavy (non-hydrogen) atoms. The molecule has 5 heteroatoms. The van der Waals surface area contributed by atoms with Crippen molar-refractivity contribution in [3.8, 4) is 5.75 Å². The van der Waals surface area contributed by atoms with Gasteiger partial charge in [0, 0.05) is 17.5 Å². The summed E-state index contributed by atoms with van der Waals surface area (Å²) in [6, 6.07) is 7.86. The highest BCUT2D eigenvalue weighted by Gasteiger charge is 2.22. The molecule has 0 aliphatic carbocycles. The van der Waals surface area contributed by atoms with Crippen molar-refractivity contribution in [3.05, 3.63) is 41.3 Å². The van der Waals surface area contributed by atoms with Crippen LogP contribution in [-0.2, 0) is 9.84 Å². The Morgan fingerprint density at radius 3 is 2.35 bits per heavy atom. The molecule has 2 rings (SSSR count). The van der Waals surface area contributed by atoms with Crippen LogP contribution in [0.25, 0.3) is 0 Å². The molecule has 1 aromatic rings. The molecule has 0 saturated heterocycles. The first-order valence-electron chi connectivity index (χ1n) is 6.79. The first-order valence-corrected chi connectivity index (χ1v) is 8.51. The smallest absolute Gasteiger partial charge is 0.173 e. The van der Waals surface area contributed by atoms with Gasteiger partial charge in [-0.15, -0.1) is 0 Å². The molecular weight excluding hydrogens is 274 g/mol. The van der Waals surface area contributed by atoms with Crippen LogP contribution in [0.1, 0.15) is 32.4 Å². The maximum Gasteiger partial charge on any atom is 0.173 e. The zero-order chi connectivity index (χ0) is 14.8. The number of ether oxygens (including phenoxy) is 1. The van der Waals surface area contributed by atoms with Crippen LogP contribution in [0.4, 0.5) is 0 Å². The van der Waals surface area contributed by atoms with Crippen LogP contribution in [0.3, 0.4) is 0 Å². The van der Waals surface area contributed by atoms with Crippen molar-refractivity contribution in [2.75, 3.05) is 5.75 Å². The molecule has 1 N–H and O–H groups in total. The summed E-state index contributed by atoms with van der Waals surface area (Å²) < 4.78 is 28.3. The van der Waals surface area contributed by atoms with Crippen LogP contribution < -0.4 is 10.1 Å².